The zero-order chi connectivity index (χ0) is 13.1. The number of nitriles is 1. The van der Waals surface area contributed by atoms with Crippen molar-refractivity contribution in [3.63, 3.8) is 0 Å². The monoisotopic (exact) mass is 341 g/mol. The number of rotatable bonds is 2. The average Bonchev–Trinajstić information content (AvgIpc) is 2.34. The summed E-state index contributed by atoms with van der Waals surface area (Å²) in [5, 5.41) is 9.62. The second-order valence-corrected chi connectivity index (χ2v) is 5.16. The number of hydrogen-bond acceptors (Lipinski definition) is 2. The van der Waals surface area contributed by atoms with Crippen LogP contribution >= 0.6 is 39.1 Å². The molecule has 0 radical (unpaired) electrons. The highest BCUT2D eigenvalue weighted by molar-refractivity contribution is 9.10. The molecule has 5 heteroatoms. The van der Waals surface area contributed by atoms with E-state index in [1.165, 1.54) is 0 Å². The van der Waals surface area contributed by atoms with Gasteiger partial charge in [0.1, 0.15) is 17.6 Å². The molecule has 90 valence electrons. The molecule has 0 aliphatic rings. The molecule has 0 unspecified atom stereocenters. The summed E-state index contributed by atoms with van der Waals surface area (Å²) in [7, 11) is 0. The van der Waals surface area contributed by atoms with Gasteiger partial charge in [-0.05, 0) is 30.3 Å². The fourth-order valence-corrected chi connectivity index (χ4v) is 2.04. The zero-order valence-electron chi connectivity index (χ0n) is 8.95. The summed E-state index contributed by atoms with van der Waals surface area (Å²) in [6.45, 7) is 0. The predicted octanol–water partition coefficient (Wildman–Crippen LogP) is 5.42. The largest absolute Gasteiger partial charge is 0.456 e. The van der Waals surface area contributed by atoms with Crippen LogP contribution in [0, 0.1) is 11.3 Å². The third-order valence-corrected chi connectivity index (χ3v) is 3.30. The minimum atomic E-state index is 0.348. The van der Waals surface area contributed by atoms with E-state index in [1.807, 2.05) is 12.1 Å². The summed E-state index contributed by atoms with van der Waals surface area (Å²) >= 11 is 15.3. The zero-order valence-corrected chi connectivity index (χ0v) is 12.1. The number of benzene rings is 2. The highest BCUT2D eigenvalue weighted by atomic mass is 79.9. The molecule has 2 aromatic rings. The quantitative estimate of drug-likeness (QED) is 0.730. The molecule has 0 saturated heterocycles. The first kappa shape index (κ1) is 13.2. The summed E-state index contributed by atoms with van der Waals surface area (Å²) in [5.74, 6) is 1.05. The maximum Gasteiger partial charge on any atom is 0.147 e. The molecule has 0 aliphatic heterocycles. The van der Waals surface area contributed by atoms with Crippen LogP contribution in [-0.2, 0) is 0 Å². The molecule has 0 N–H and O–H groups in total. The molecule has 0 saturated carbocycles. The Morgan fingerprint density at radius 3 is 2.50 bits per heavy atom. The van der Waals surface area contributed by atoms with Crippen LogP contribution < -0.4 is 4.74 Å². The highest BCUT2D eigenvalue weighted by Crippen LogP contribution is 2.33. The molecule has 0 aliphatic carbocycles. The summed E-state index contributed by atoms with van der Waals surface area (Å²) in [6.07, 6.45) is 0. The van der Waals surface area contributed by atoms with E-state index in [4.69, 9.17) is 33.2 Å². The Morgan fingerprint density at radius 1 is 1.06 bits per heavy atom. The lowest BCUT2D eigenvalue weighted by Gasteiger charge is -2.08. The van der Waals surface area contributed by atoms with Crippen LogP contribution in [0.15, 0.2) is 40.9 Å². The van der Waals surface area contributed by atoms with Crippen molar-refractivity contribution in [1.29, 1.82) is 5.26 Å². The number of hydrogen-bond donors (Lipinski definition) is 0. The summed E-state index contributed by atoms with van der Waals surface area (Å²) in [4.78, 5) is 0. The molecular formula is C13H6BrCl2NO. The van der Waals surface area contributed by atoms with Crippen LogP contribution in [0.5, 0.6) is 11.5 Å². The minimum Gasteiger partial charge on any atom is -0.456 e. The Bertz CT molecular complexity index is 637. The van der Waals surface area contributed by atoms with Crippen LogP contribution in [0.2, 0.25) is 10.0 Å². The molecule has 0 fully saturated rings. The molecule has 2 rings (SSSR count). The van der Waals surface area contributed by atoms with Crippen LogP contribution in [0.1, 0.15) is 5.56 Å². The average molecular weight is 343 g/mol. The van der Waals surface area contributed by atoms with Gasteiger partial charge >= 0.3 is 0 Å². The molecule has 0 spiro atoms. The Balaban J connectivity index is 2.32. The van der Waals surface area contributed by atoms with E-state index in [-0.39, 0.29) is 0 Å². The van der Waals surface area contributed by atoms with Gasteiger partial charge in [-0.25, -0.2) is 0 Å². The first-order chi connectivity index (χ1) is 8.60. The fourth-order valence-electron chi connectivity index (χ4n) is 1.33. The van der Waals surface area contributed by atoms with E-state index in [1.54, 1.807) is 30.3 Å². The Morgan fingerprint density at radius 2 is 1.83 bits per heavy atom. The van der Waals surface area contributed by atoms with Crippen molar-refractivity contribution in [2.24, 2.45) is 0 Å². The van der Waals surface area contributed by atoms with Crippen molar-refractivity contribution in [1.82, 2.24) is 0 Å². The highest BCUT2D eigenvalue weighted by Gasteiger charge is 2.06. The Labute approximate surface area is 123 Å². The van der Waals surface area contributed by atoms with Gasteiger partial charge in [-0.1, -0.05) is 39.1 Å². The summed E-state index contributed by atoms with van der Waals surface area (Å²) in [6, 6.07) is 12.1. The SMILES string of the molecule is N#Cc1ccc(Oc2cc(Br)ccc2Cl)cc1Cl. The maximum absolute atomic E-state index is 8.78. The van der Waals surface area contributed by atoms with Crippen LogP contribution in [0.4, 0.5) is 0 Å². The molecule has 0 heterocycles. The van der Waals surface area contributed by atoms with E-state index in [0.717, 1.165) is 4.47 Å². The van der Waals surface area contributed by atoms with Crippen LogP contribution in [-0.4, -0.2) is 0 Å². The Kier molecular flexibility index (Phi) is 4.13. The van der Waals surface area contributed by atoms with Crippen molar-refractivity contribution in [3.05, 3.63) is 56.5 Å². The van der Waals surface area contributed by atoms with Crippen LogP contribution in [0.3, 0.4) is 0 Å². The normalized spacial score (nSPS) is 9.89. The van der Waals surface area contributed by atoms with Crippen LogP contribution in [0.25, 0.3) is 0 Å². The fraction of sp³-hybridized carbons (Fsp3) is 0. The van der Waals surface area contributed by atoms with Gasteiger partial charge in [-0.3, -0.25) is 0 Å². The maximum atomic E-state index is 8.78. The van der Waals surface area contributed by atoms with Crippen molar-refractivity contribution in [2.45, 2.75) is 0 Å². The van der Waals surface area contributed by atoms with Gasteiger partial charge in [0.2, 0.25) is 0 Å². The van der Waals surface area contributed by atoms with E-state index >= 15 is 0 Å². The first-order valence-electron chi connectivity index (χ1n) is 4.92. The molecule has 0 bridgehead atoms. The predicted molar refractivity (Wildman–Crippen MR) is 75.4 cm³/mol. The van der Waals surface area contributed by atoms with Gasteiger partial charge in [0.15, 0.2) is 0 Å². The van der Waals surface area contributed by atoms with Crippen molar-refractivity contribution >= 4 is 39.1 Å². The van der Waals surface area contributed by atoms with Gasteiger partial charge in [-0.15, -0.1) is 0 Å². The van der Waals surface area contributed by atoms with E-state index in [9.17, 15) is 0 Å². The van der Waals surface area contributed by atoms with Gasteiger partial charge in [-0.2, -0.15) is 5.26 Å². The Hall–Kier alpha value is -1.21. The molecular weight excluding hydrogens is 337 g/mol. The van der Waals surface area contributed by atoms with Crippen molar-refractivity contribution < 1.29 is 4.74 Å². The smallest absolute Gasteiger partial charge is 0.147 e. The third-order valence-electron chi connectivity index (χ3n) is 2.18. The van der Waals surface area contributed by atoms with Gasteiger partial charge in [0.05, 0.1) is 15.6 Å². The topological polar surface area (TPSA) is 33.0 Å². The lowest BCUT2D eigenvalue weighted by atomic mass is 10.2. The second kappa shape index (κ2) is 5.62. The van der Waals surface area contributed by atoms with E-state index < -0.39 is 0 Å². The van der Waals surface area contributed by atoms with Gasteiger partial charge in [0, 0.05) is 10.5 Å². The second-order valence-electron chi connectivity index (χ2n) is 3.43. The summed E-state index contributed by atoms with van der Waals surface area (Å²) in [5.41, 5.74) is 0.407. The van der Waals surface area contributed by atoms with E-state index in [0.29, 0.717) is 27.1 Å². The number of ether oxygens (including phenoxy) is 1. The third kappa shape index (κ3) is 2.97. The lowest BCUT2D eigenvalue weighted by Crippen LogP contribution is -1.86. The molecule has 2 aromatic carbocycles. The standard InChI is InChI=1S/C13H6BrCl2NO/c14-9-2-4-11(15)13(5-9)18-10-3-1-8(7-17)12(16)6-10/h1-6H. The molecule has 0 atom stereocenters. The van der Waals surface area contributed by atoms with Crippen molar-refractivity contribution in [3.8, 4) is 17.6 Å². The number of nitrogens with zero attached hydrogens (tertiary/aromatic N) is 1. The number of halogens is 3. The lowest BCUT2D eigenvalue weighted by molar-refractivity contribution is 0.482. The first-order valence-corrected chi connectivity index (χ1v) is 6.47. The molecule has 2 nitrogen and oxygen atoms in total. The molecule has 0 aromatic heterocycles. The minimum absolute atomic E-state index is 0.348. The molecule has 0 amide bonds. The summed E-state index contributed by atoms with van der Waals surface area (Å²) < 4.78 is 6.48. The van der Waals surface area contributed by atoms with Crippen molar-refractivity contribution in [2.75, 3.05) is 0 Å². The van der Waals surface area contributed by atoms with Gasteiger partial charge < -0.3 is 4.74 Å². The molecule has 18 heavy (non-hydrogen) atoms. The van der Waals surface area contributed by atoms with Gasteiger partial charge in [0.25, 0.3) is 0 Å². The van der Waals surface area contributed by atoms with E-state index in [2.05, 4.69) is 15.9 Å².